The van der Waals surface area contributed by atoms with Crippen LogP contribution in [0.25, 0.3) is 0 Å². The number of nitrogens with one attached hydrogen (secondary N) is 1. The Balaban J connectivity index is 2.37. The van der Waals surface area contributed by atoms with E-state index in [-0.39, 0.29) is 11.6 Å². The van der Waals surface area contributed by atoms with Crippen molar-refractivity contribution < 1.29 is 13.5 Å². The molecule has 0 aliphatic heterocycles. The quantitative estimate of drug-likeness (QED) is 0.929. The van der Waals surface area contributed by atoms with E-state index in [0.717, 1.165) is 18.2 Å². The fourth-order valence-corrected chi connectivity index (χ4v) is 1.74. The Morgan fingerprint density at radius 1 is 1.10 bits per heavy atom. The molecule has 1 aromatic heterocycles. The number of hydrogen-bond acceptors (Lipinski definition) is 4. The highest BCUT2D eigenvalue weighted by Gasteiger charge is 2.12. The molecule has 0 spiro atoms. The average Bonchev–Trinajstić information content (AvgIpc) is 2.34. The van der Waals surface area contributed by atoms with Crippen molar-refractivity contribution in [3.05, 3.63) is 41.2 Å². The molecule has 4 nitrogen and oxygen atoms in total. The summed E-state index contributed by atoms with van der Waals surface area (Å²) in [5.41, 5.74) is 0.683. The Hall–Kier alpha value is -2.24. The smallest absolute Gasteiger partial charge is 0.227 e. The van der Waals surface area contributed by atoms with Crippen LogP contribution in [0.2, 0.25) is 0 Å². The van der Waals surface area contributed by atoms with Gasteiger partial charge in [0.2, 0.25) is 5.88 Å². The van der Waals surface area contributed by atoms with Gasteiger partial charge in [0.05, 0.1) is 5.56 Å². The third-order valence-corrected chi connectivity index (χ3v) is 2.61. The molecule has 0 aliphatic carbocycles. The van der Waals surface area contributed by atoms with Crippen LogP contribution < -0.4 is 10.1 Å². The third kappa shape index (κ3) is 3.20. The van der Waals surface area contributed by atoms with E-state index in [1.165, 1.54) is 0 Å². The van der Waals surface area contributed by atoms with Gasteiger partial charge in [0.25, 0.3) is 0 Å². The van der Waals surface area contributed by atoms with Gasteiger partial charge in [-0.15, -0.1) is 0 Å². The van der Waals surface area contributed by atoms with E-state index in [0.29, 0.717) is 23.8 Å². The van der Waals surface area contributed by atoms with E-state index in [1.54, 1.807) is 13.8 Å². The van der Waals surface area contributed by atoms with Crippen molar-refractivity contribution in [2.24, 2.45) is 0 Å². The first-order valence-corrected chi connectivity index (χ1v) is 6.22. The maximum Gasteiger partial charge on any atom is 0.227 e. The zero-order chi connectivity index (χ0) is 14.7. The highest BCUT2D eigenvalue weighted by molar-refractivity contribution is 5.49. The number of halogens is 2. The molecule has 20 heavy (non-hydrogen) atoms. The van der Waals surface area contributed by atoms with Crippen LogP contribution in [0.15, 0.2) is 18.2 Å². The SMILES string of the molecule is CCNc1nc(C)nc(Oc2cc(F)cc(F)c2)c1C. The van der Waals surface area contributed by atoms with Crippen molar-refractivity contribution in [1.82, 2.24) is 9.97 Å². The van der Waals surface area contributed by atoms with E-state index in [1.807, 2.05) is 6.92 Å². The largest absolute Gasteiger partial charge is 0.438 e. The second kappa shape index (κ2) is 5.81. The molecular weight excluding hydrogens is 264 g/mol. The van der Waals surface area contributed by atoms with Crippen LogP contribution in [0, 0.1) is 25.5 Å². The van der Waals surface area contributed by atoms with Crippen LogP contribution in [0.3, 0.4) is 0 Å². The van der Waals surface area contributed by atoms with E-state index >= 15 is 0 Å². The lowest BCUT2D eigenvalue weighted by atomic mass is 10.3. The first-order valence-electron chi connectivity index (χ1n) is 6.22. The minimum absolute atomic E-state index is 0.0612. The Morgan fingerprint density at radius 2 is 1.75 bits per heavy atom. The van der Waals surface area contributed by atoms with E-state index in [2.05, 4.69) is 15.3 Å². The van der Waals surface area contributed by atoms with Crippen molar-refractivity contribution in [2.75, 3.05) is 11.9 Å². The molecule has 0 atom stereocenters. The van der Waals surface area contributed by atoms with Crippen molar-refractivity contribution in [3.8, 4) is 11.6 Å². The van der Waals surface area contributed by atoms with Crippen LogP contribution in [0.5, 0.6) is 11.6 Å². The minimum Gasteiger partial charge on any atom is -0.438 e. The Labute approximate surface area is 115 Å². The number of ether oxygens (including phenoxy) is 1. The lowest BCUT2D eigenvalue weighted by Crippen LogP contribution is -2.06. The number of hydrogen-bond donors (Lipinski definition) is 1. The molecule has 2 rings (SSSR count). The molecule has 1 aromatic carbocycles. The molecule has 0 unspecified atom stereocenters. The van der Waals surface area contributed by atoms with Crippen molar-refractivity contribution in [2.45, 2.75) is 20.8 Å². The van der Waals surface area contributed by atoms with Crippen LogP contribution in [0.1, 0.15) is 18.3 Å². The Bertz CT molecular complexity index is 612. The molecule has 1 heterocycles. The number of nitrogens with zero attached hydrogens (tertiary/aromatic N) is 2. The molecule has 106 valence electrons. The van der Waals surface area contributed by atoms with E-state index < -0.39 is 11.6 Å². The number of anilines is 1. The van der Waals surface area contributed by atoms with Crippen LogP contribution in [-0.2, 0) is 0 Å². The fraction of sp³-hybridized carbons (Fsp3) is 0.286. The van der Waals surface area contributed by atoms with Crippen LogP contribution in [-0.4, -0.2) is 16.5 Å². The molecule has 1 N–H and O–H groups in total. The second-order valence-electron chi connectivity index (χ2n) is 4.29. The predicted octanol–water partition coefficient (Wildman–Crippen LogP) is 3.60. The number of benzene rings is 1. The summed E-state index contributed by atoms with van der Waals surface area (Å²) in [4.78, 5) is 8.40. The molecule has 6 heteroatoms. The van der Waals surface area contributed by atoms with Crippen molar-refractivity contribution in [3.63, 3.8) is 0 Å². The predicted molar refractivity (Wildman–Crippen MR) is 72.1 cm³/mol. The lowest BCUT2D eigenvalue weighted by Gasteiger charge is -2.12. The monoisotopic (exact) mass is 279 g/mol. The van der Waals surface area contributed by atoms with Gasteiger partial charge in [-0.25, -0.2) is 13.8 Å². The summed E-state index contributed by atoms with van der Waals surface area (Å²) in [7, 11) is 0. The van der Waals surface area contributed by atoms with Gasteiger partial charge in [-0.1, -0.05) is 0 Å². The first-order chi connectivity index (χ1) is 9.49. The summed E-state index contributed by atoms with van der Waals surface area (Å²) >= 11 is 0. The summed E-state index contributed by atoms with van der Waals surface area (Å²) < 4.78 is 31.8. The zero-order valence-corrected chi connectivity index (χ0v) is 11.5. The maximum absolute atomic E-state index is 13.1. The van der Waals surface area contributed by atoms with Gasteiger partial charge in [0.1, 0.15) is 29.0 Å². The molecule has 0 bridgehead atoms. The Kier molecular flexibility index (Phi) is 4.12. The normalized spacial score (nSPS) is 10.4. The molecule has 0 radical (unpaired) electrons. The Morgan fingerprint density at radius 3 is 2.35 bits per heavy atom. The summed E-state index contributed by atoms with van der Waals surface area (Å²) in [5.74, 6) is 0.0978. The zero-order valence-electron chi connectivity index (χ0n) is 11.5. The summed E-state index contributed by atoms with van der Waals surface area (Å²) in [6, 6.07) is 2.99. The maximum atomic E-state index is 13.1. The highest BCUT2D eigenvalue weighted by Crippen LogP contribution is 2.27. The molecule has 0 saturated carbocycles. The topological polar surface area (TPSA) is 47.0 Å². The van der Waals surface area contributed by atoms with Gasteiger partial charge in [-0.05, 0) is 20.8 Å². The third-order valence-electron chi connectivity index (χ3n) is 2.61. The van der Waals surface area contributed by atoms with E-state index in [9.17, 15) is 8.78 Å². The molecule has 2 aromatic rings. The molecule has 0 saturated heterocycles. The van der Waals surface area contributed by atoms with Crippen LogP contribution >= 0.6 is 0 Å². The highest BCUT2D eigenvalue weighted by atomic mass is 19.1. The van der Waals surface area contributed by atoms with Crippen molar-refractivity contribution >= 4 is 5.82 Å². The standard InChI is InChI=1S/C14H15F2N3O/c1-4-17-13-8(2)14(19-9(3)18-13)20-12-6-10(15)5-11(16)7-12/h5-7H,4H2,1-3H3,(H,17,18,19). The van der Waals surface area contributed by atoms with Crippen LogP contribution in [0.4, 0.5) is 14.6 Å². The summed E-state index contributed by atoms with van der Waals surface area (Å²) in [6.45, 7) is 6.15. The average molecular weight is 279 g/mol. The van der Waals surface area contributed by atoms with E-state index in [4.69, 9.17) is 4.74 Å². The van der Waals surface area contributed by atoms with Gasteiger partial charge in [0, 0.05) is 24.7 Å². The number of aryl methyl sites for hydroxylation is 1. The fourth-order valence-electron chi connectivity index (χ4n) is 1.74. The minimum atomic E-state index is -0.699. The molecule has 0 fully saturated rings. The van der Waals surface area contributed by atoms with Gasteiger partial charge in [-0.2, -0.15) is 4.98 Å². The van der Waals surface area contributed by atoms with Crippen molar-refractivity contribution in [1.29, 1.82) is 0 Å². The number of rotatable bonds is 4. The van der Waals surface area contributed by atoms with Gasteiger partial charge < -0.3 is 10.1 Å². The number of aromatic nitrogens is 2. The van der Waals surface area contributed by atoms with Gasteiger partial charge >= 0.3 is 0 Å². The first kappa shape index (κ1) is 14.2. The molecule has 0 amide bonds. The van der Waals surface area contributed by atoms with Gasteiger partial charge in [0.15, 0.2) is 0 Å². The molecule has 0 aliphatic rings. The second-order valence-corrected chi connectivity index (χ2v) is 4.29. The lowest BCUT2D eigenvalue weighted by molar-refractivity contribution is 0.445. The summed E-state index contributed by atoms with van der Waals surface area (Å²) in [6.07, 6.45) is 0. The van der Waals surface area contributed by atoms with Gasteiger partial charge in [-0.3, -0.25) is 0 Å². The molecular formula is C14H15F2N3O. The summed E-state index contributed by atoms with van der Waals surface area (Å²) in [5, 5.41) is 3.09.